The summed E-state index contributed by atoms with van der Waals surface area (Å²) in [5, 5.41) is 0. The number of hydrogen-bond acceptors (Lipinski definition) is 2. The average molecular weight is 734 g/mol. The number of aryl methyl sites for hydroxylation is 1. The van der Waals surface area contributed by atoms with Gasteiger partial charge in [0.15, 0.2) is 0 Å². The van der Waals surface area contributed by atoms with Crippen LogP contribution in [0.2, 0.25) is 0 Å². The molecule has 2 heterocycles. The third-order valence-corrected chi connectivity index (χ3v) is 8.41. The van der Waals surface area contributed by atoms with E-state index in [0.29, 0.717) is 5.56 Å². The Kier molecular flexibility index (Phi) is 9.38. The molecule has 2 nitrogen and oxygen atoms in total. The van der Waals surface area contributed by atoms with Gasteiger partial charge in [0.05, 0.1) is 0 Å². The predicted molar refractivity (Wildman–Crippen MR) is 173 cm³/mol. The molecular formula is C39H42IrN2-2. The summed E-state index contributed by atoms with van der Waals surface area (Å²) in [6, 6.07) is 38.9. The Labute approximate surface area is 271 Å². The number of benzene rings is 3. The first-order chi connectivity index (χ1) is 20.6. The van der Waals surface area contributed by atoms with Crippen LogP contribution in [0.4, 0.5) is 0 Å². The molecule has 0 saturated heterocycles. The van der Waals surface area contributed by atoms with Crippen LogP contribution in [-0.2, 0) is 30.9 Å². The molecule has 3 heteroatoms. The van der Waals surface area contributed by atoms with Crippen LogP contribution in [-0.4, -0.2) is 9.97 Å². The second-order valence-electron chi connectivity index (χ2n) is 12.5. The van der Waals surface area contributed by atoms with Gasteiger partial charge < -0.3 is 9.97 Å². The van der Waals surface area contributed by atoms with Gasteiger partial charge in [0.25, 0.3) is 0 Å². The molecule has 0 atom stereocenters. The molecule has 3 aromatic carbocycles. The summed E-state index contributed by atoms with van der Waals surface area (Å²) in [4.78, 5) is 8.75. The summed E-state index contributed by atoms with van der Waals surface area (Å²) in [7, 11) is 0. The van der Waals surface area contributed by atoms with Gasteiger partial charge in [-0.05, 0) is 57.2 Å². The predicted octanol–water partition coefficient (Wildman–Crippen LogP) is 10.1. The number of nitrogens with zero attached hydrogens (tertiary/aromatic N) is 2. The topological polar surface area (TPSA) is 25.8 Å². The van der Waals surface area contributed by atoms with Crippen molar-refractivity contribution >= 4 is 0 Å². The van der Waals surface area contributed by atoms with Crippen molar-refractivity contribution in [2.45, 2.75) is 66.1 Å². The first-order valence-electron chi connectivity index (χ1n) is 15.6. The summed E-state index contributed by atoms with van der Waals surface area (Å²) < 4.78 is 23.6. The van der Waals surface area contributed by atoms with Crippen LogP contribution >= 0.6 is 0 Å². The van der Waals surface area contributed by atoms with Crippen LogP contribution < -0.4 is 0 Å². The standard InChI is InChI=1S/C20H18N.C19H24N.Ir/c1-20(2,17-8-4-3-5-9-17)18-13-11-16(12-14-18)19-10-6-7-15-21-19;1-14-13-20-17(15-10-8-7-9-11-15)12-16(14)19(5,6)18(2,3)4;/h3-11,13-15H,1-2H3;7-10,12-13H,1-6H3;/q2*-1;/i;1D3;. The number of aromatic nitrogens is 2. The fourth-order valence-electron chi connectivity index (χ4n) is 4.59. The molecule has 0 aliphatic heterocycles. The molecule has 42 heavy (non-hydrogen) atoms. The Morgan fingerprint density at radius 1 is 0.667 bits per heavy atom. The minimum atomic E-state index is -2.18. The molecule has 0 saturated carbocycles. The van der Waals surface area contributed by atoms with Crippen LogP contribution in [0.15, 0.2) is 109 Å². The van der Waals surface area contributed by atoms with E-state index in [4.69, 9.17) is 4.11 Å². The fourth-order valence-corrected chi connectivity index (χ4v) is 4.59. The van der Waals surface area contributed by atoms with E-state index >= 15 is 0 Å². The molecular weight excluding hydrogens is 689 g/mol. The monoisotopic (exact) mass is 734 g/mol. The van der Waals surface area contributed by atoms with Crippen molar-refractivity contribution in [2.75, 3.05) is 0 Å². The quantitative estimate of drug-likeness (QED) is 0.168. The summed E-state index contributed by atoms with van der Waals surface area (Å²) in [5.74, 6) is 0. The van der Waals surface area contributed by atoms with Crippen molar-refractivity contribution < 1.29 is 24.2 Å². The molecule has 0 aliphatic rings. The van der Waals surface area contributed by atoms with Gasteiger partial charge in [0, 0.05) is 36.6 Å². The van der Waals surface area contributed by atoms with E-state index in [1.807, 2.05) is 54.7 Å². The van der Waals surface area contributed by atoms with Gasteiger partial charge in [0.1, 0.15) is 0 Å². The molecule has 5 rings (SSSR count). The zero-order valence-corrected chi connectivity index (χ0v) is 28.0. The first kappa shape index (κ1) is 28.7. The molecule has 0 spiro atoms. The maximum Gasteiger partial charge on any atom is 0.0280 e. The minimum absolute atomic E-state index is 0. The molecule has 0 unspecified atom stereocenters. The van der Waals surface area contributed by atoms with Gasteiger partial charge in [-0.1, -0.05) is 97.0 Å². The van der Waals surface area contributed by atoms with E-state index < -0.39 is 6.85 Å². The fraction of sp³-hybridized carbons (Fsp3) is 0.282. The second kappa shape index (κ2) is 13.7. The van der Waals surface area contributed by atoms with Crippen molar-refractivity contribution in [3.05, 3.63) is 144 Å². The van der Waals surface area contributed by atoms with Crippen LogP contribution in [0.5, 0.6) is 0 Å². The first-order valence-corrected chi connectivity index (χ1v) is 14.1. The smallest absolute Gasteiger partial charge is 0.0280 e. The van der Waals surface area contributed by atoms with E-state index in [-0.39, 0.29) is 36.4 Å². The summed E-state index contributed by atoms with van der Waals surface area (Å²) >= 11 is 0. The third kappa shape index (κ3) is 7.51. The maximum atomic E-state index is 7.86. The van der Waals surface area contributed by atoms with Gasteiger partial charge in [-0.2, -0.15) is 0 Å². The van der Waals surface area contributed by atoms with E-state index in [2.05, 4.69) is 119 Å². The molecule has 2 aromatic heterocycles. The van der Waals surface area contributed by atoms with Crippen LogP contribution in [0.3, 0.4) is 0 Å². The van der Waals surface area contributed by atoms with E-state index in [9.17, 15) is 0 Å². The van der Waals surface area contributed by atoms with Crippen LogP contribution in [0.25, 0.3) is 22.5 Å². The van der Waals surface area contributed by atoms with Gasteiger partial charge in [-0.15, -0.1) is 71.3 Å². The van der Waals surface area contributed by atoms with Crippen molar-refractivity contribution in [2.24, 2.45) is 5.41 Å². The summed E-state index contributed by atoms with van der Waals surface area (Å²) in [5.41, 5.74) is 6.91. The Balaban J connectivity index is 0.000000241. The van der Waals surface area contributed by atoms with Crippen LogP contribution in [0, 0.1) is 24.4 Å². The molecule has 0 aliphatic carbocycles. The van der Waals surface area contributed by atoms with Gasteiger partial charge in [0.2, 0.25) is 0 Å². The molecule has 1 radical (unpaired) electrons. The number of pyridine rings is 2. The van der Waals surface area contributed by atoms with E-state index in [1.54, 1.807) is 0 Å². The zero-order chi connectivity index (χ0) is 32.2. The van der Waals surface area contributed by atoms with Crippen molar-refractivity contribution in [3.8, 4) is 22.5 Å². The van der Waals surface area contributed by atoms with E-state index in [0.717, 1.165) is 28.1 Å². The largest absolute Gasteiger partial charge is 0.305 e. The maximum absolute atomic E-state index is 7.86. The van der Waals surface area contributed by atoms with E-state index in [1.165, 1.54) is 17.3 Å². The van der Waals surface area contributed by atoms with Crippen molar-refractivity contribution in [1.29, 1.82) is 0 Å². The average Bonchev–Trinajstić information content (AvgIpc) is 3.01. The minimum Gasteiger partial charge on any atom is -0.305 e. The molecule has 0 amide bonds. The van der Waals surface area contributed by atoms with Gasteiger partial charge >= 0.3 is 0 Å². The molecule has 219 valence electrons. The molecule has 0 N–H and O–H groups in total. The summed E-state index contributed by atoms with van der Waals surface area (Å²) in [6.45, 7) is 12.9. The molecule has 0 fully saturated rings. The Hall–Kier alpha value is -3.39. The second-order valence-corrected chi connectivity index (χ2v) is 12.5. The Bertz CT molecular complexity index is 1640. The Morgan fingerprint density at radius 2 is 1.36 bits per heavy atom. The molecule has 0 bridgehead atoms. The number of rotatable bonds is 5. The van der Waals surface area contributed by atoms with Crippen molar-refractivity contribution in [3.63, 3.8) is 0 Å². The SMILES string of the molecule is CC(C)(c1c[c-]c(-c2ccccn2)cc1)c1ccccc1.[2H]C([2H])([2H])c1cnc(-c2[c-]cccc2)cc1C(C)(C)C(C)(C)C.[Ir]. The zero-order valence-electron chi connectivity index (χ0n) is 28.6. The van der Waals surface area contributed by atoms with Crippen molar-refractivity contribution in [1.82, 2.24) is 9.97 Å². The van der Waals surface area contributed by atoms with Gasteiger partial charge in [-0.3, -0.25) is 0 Å². The number of hydrogen-bond donors (Lipinski definition) is 0. The van der Waals surface area contributed by atoms with Crippen LogP contribution in [0.1, 0.15) is 74.8 Å². The molecule has 5 aromatic rings. The normalized spacial score (nSPS) is 13.0. The Morgan fingerprint density at radius 3 is 1.93 bits per heavy atom. The third-order valence-electron chi connectivity index (χ3n) is 8.41. The van der Waals surface area contributed by atoms with Gasteiger partial charge in [-0.25, -0.2) is 0 Å². The summed E-state index contributed by atoms with van der Waals surface area (Å²) in [6.07, 6.45) is 3.32.